The molecule has 1 aromatic carbocycles. The summed E-state index contributed by atoms with van der Waals surface area (Å²) in [5.41, 5.74) is 2.76. The zero-order valence-electron chi connectivity index (χ0n) is 12.1. The minimum Gasteiger partial charge on any atom is -0.438 e. The SMILES string of the molecule is Cc1cc([N+](=O)[O-])c(C)cc1Oc1ncc(CO)cc1C. The molecule has 0 atom stereocenters. The van der Waals surface area contributed by atoms with Crippen molar-refractivity contribution in [2.24, 2.45) is 0 Å². The summed E-state index contributed by atoms with van der Waals surface area (Å²) >= 11 is 0. The van der Waals surface area contributed by atoms with Gasteiger partial charge >= 0.3 is 0 Å². The molecule has 0 bridgehead atoms. The first-order valence-corrected chi connectivity index (χ1v) is 6.42. The summed E-state index contributed by atoms with van der Waals surface area (Å²) < 4.78 is 5.74. The number of nitro groups is 1. The van der Waals surface area contributed by atoms with Gasteiger partial charge in [0.25, 0.3) is 5.69 Å². The average molecular weight is 288 g/mol. The fourth-order valence-corrected chi connectivity index (χ4v) is 2.00. The van der Waals surface area contributed by atoms with Crippen LogP contribution < -0.4 is 4.74 Å². The summed E-state index contributed by atoms with van der Waals surface area (Å²) in [5.74, 6) is 0.953. The molecule has 0 radical (unpaired) electrons. The minimum atomic E-state index is -0.411. The van der Waals surface area contributed by atoms with E-state index in [1.807, 2.05) is 6.92 Å². The van der Waals surface area contributed by atoms with E-state index in [4.69, 9.17) is 9.84 Å². The molecule has 0 saturated heterocycles. The van der Waals surface area contributed by atoms with Gasteiger partial charge in [0, 0.05) is 23.4 Å². The Kier molecular flexibility index (Phi) is 4.18. The Morgan fingerprint density at radius 3 is 2.48 bits per heavy atom. The van der Waals surface area contributed by atoms with Gasteiger partial charge in [0.2, 0.25) is 5.88 Å². The van der Waals surface area contributed by atoms with Crippen LogP contribution in [0, 0.1) is 30.9 Å². The number of hydrogen-bond donors (Lipinski definition) is 1. The second-order valence-corrected chi connectivity index (χ2v) is 4.89. The van der Waals surface area contributed by atoms with Crippen LogP contribution in [0.5, 0.6) is 11.6 Å². The van der Waals surface area contributed by atoms with E-state index in [0.717, 1.165) is 5.56 Å². The van der Waals surface area contributed by atoms with Crippen molar-refractivity contribution in [1.29, 1.82) is 0 Å². The lowest BCUT2D eigenvalue weighted by Gasteiger charge is -2.11. The quantitative estimate of drug-likeness (QED) is 0.689. The lowest BCUT2D eigenvalue weighted by atomic mass is 10.1. The molecule has 0 aliphatic carbocycles. The van der Waals surface area contributed by atoms with Crippen molar-refractivity contribution in [1.82, 2.24) is 4.98 Å². The van der Waals surface area contributed by atoms with Gasteiger partial charge in [-0.2, -0.15) is 0 Å². The van der Waals surface area contributed by atoms with Crippen LogP contribution in [0.15, 0.2) is 24.4 Å². The maximum atomic E-state index is 10.9. The Morgan fingerprint density at radius 1 is 1.19 bits per heavy atom. The highest BCUT2D eigenvalue weighted by atomic mass is 16.6. The highest BCUT2D eigenvalue weighted by Crippen LogP contribution is 2.31. The molecule has 0 amide bonds. The van der Waals surface area contributed by atoms with Crippen molar-refractivity contribution in [3.8, 4) is 11.6 Å². The first-order chi connectivity index (χ1) is 9.92. The summed E-state index contributed by atoms with van der Waals surface area (Å²) in [7, 11) is 0. The third-order valence-electron chi connectivity index (χ3n) is 3.17. The molecule has 6 heteroatoms. The van der Waals surface area contributed by atoms with Crippen LogP contribution in [0.2, 0.25) is 0 Å². The highest BCUT2D eigenvalue weighted by Gasteiger charge is 2.15. The number of ether oxygens (including phenoxy) is 1. The second-order valence-electron chi connectivity index (χ2n) is 4.89. The Labute approximate surface area is 122 Å². The van der Waals surface area contributed by atoms with Crippen LogP contribution in [0.4, 0.5) is 5.69 Å². The molecule has 6 nitrogen and oxygen atoms in total. The summed E-state index contributed by atoms with van der Waals surface area (Å²) in [4.78, 5) is 14.6. The summed E-state index contributed by atoms with van der Waals surface area (Å²) in [6.07, 6.45) is 1.54. The van der Waals surface area contributed by atoms with Gasteiger partial charge in [0.1, 0.15) is 5.75 Å². The number of hydrogen-bond acceptors (Lipinski definition) is 5. The first-order valence-electron chi connectivity index (χ1n) is 6.42. The monoisotopic (exact) mass is 288 g/mol. The molecule has 0 fully saturated rings. The molecule has 0 spiro atoms. The van der Waals surface area contributed by atoms with Crippen molar-refractivity contribution in [2.75, 3.05) is 0 Å². The Bertz CT molecular complexity index is 698. The van der Waals surface area contributed by atoms with Crippen molar-refractivity contribution < 1.29 is 14.8 Å². The van der Waals surface area contributed by atoms with E-state index in [0.29, 0.717) is 28.3 Å². The van der Waals surface area contributed by atoms with Crippen molar-refractivity contribution >= 4 is 5.69 Å². The number of pyridine rings is 1. The van der Waals surface area contributed by atoms with Crippen molar-refractivity contribution in [3.63, 3.8) is 0 Å². The Hall–Kier alpha value is -2.47. The van der Waals surface area contributed by atoms with E-state index in [2.05, 4.69) is 4.98 Å². The molecule has 1 heterocycles. The normalized spacial score (nSPS) is 10.5. The molecular weight excluding hydrogens is 272 g/mol. The third kappa shape index (κ3) is 3.17. The maximum absolute atomic E-state index is 10.9. The second kappa shape index (κ2) is 5.88. The fourth-order valence-electron chi connectivity index (χ4n) is 2.00. The summed E-state index contributed by atoms with van der Waals surface area (Å²) in [6, 6.07) is 4.91. The molecule has 0 aliphatic heterocycles. The molecule has 0 unspecified atom stereocenters. The van der Waals surface area contributed by atoms with Crippen LogP contribution in [-0.4, -0.2) is 15.0 Å². The van der Waals surface area contributed by atoms with Crippen LogP contribution >= 0.6 is 0 Å². The van der Waals surface area contributed by atoms with Gasteiger partial charge in [-0.1, -0.05) is 0 Å². The van der Waals surface area contributed by atoms with Gasteiger partial charge in [-0.05, 0) is 44.0 Å². The predicted octanol–water partition coefficient (Wildman–Crippen LogP) is 3.20. The molecule has 21 heavy (non-hydrogen) atoms. The van der Waals surface area contributed by atoms with Gasteiger partial charge in [-0.3, -0.25) is 10.1 Å². The molecule has 1 aromatic heterocycles. The standard InChI is InChI=1S/C15H16N2O4/c1-9-6-14(10(2)5-13(9)17(19)20)21-15-11(3)4-12(8-18)7-16-15/h4-7,18H,8H2,1-3H3. The van der Waals surface area contributed by atoms with E-state index in [1.165, 1.54) is 12.3 Å². The molecule has 110 valence electrons. The number of rotatable bonds is 4. The number of benzene rings is 1. The van der Waals surface area contributed by atoms with Gasteiger partial charge in [0.15, 0.2) is 0 Å². The zero-order chi connectivity index (χ0) is 15.6. The minimum absolute atomic E-state index is 0.0696. The lowest BCUT2D eigenvalue weighted by Crippen LogP contribution is -1.98. The Morgan fingerprint density at radius 2 is 1.90 bits per heavy atom. The molecule has 0 aliphatic rings. The van der Waals surface area contributed by atoms with Gasteiger partial charge in [-0.25, -0.2) is 4.98 Å². The van der Waals surface area contributed by atoms with Crippen LogP contribution in [0.3, 0.4) is 0 Å². The number of aliphatic hydroxyl groups is 1. The number of aryl methyl sites for hydroxylation is 3. The fraction of sp³-hybridized carbons (Fsp3) is 0.267. The van der Waals surface area contributed by atoms with Crippen molar-refractivity contribution in [3.05, 3.63) is 56.8 Å². The van der Waals surface area contributed by atoms with Crippen LogP contribution in [-0.2, 0) is 6.61 Å². The third-order valence-corrected chi connectivity index (χ3v) is 3.17. The summed E-state index contributed by atoms with van der Waals surface area (Å²) in [6.45, 7) is 5.16. The predicted molar refractivity (Wildman–Crippen MR) is 77.5 cm³/mol. The largest absolute Gasteiger partial charge is 0.438 e. The van der Waals surface area contributed by atoms with Gasteiger partial charge in [-0.15, -0.1) is 0 Å². The number of nitro benzene ring substituents is 1. The molecule has 2 rings (SSSR count). The molecule has 0 saturated carbocycles. The smallest absolute Gasteiger partial charge is 0.272 e. The number of aromatic nitrogens is 1. The van der Waals surface area contributed by atoms with E-state index in [-0.39, 0.29) is 12.3 Å². The zero-order valence-corrected chi connectivity index (χ0v) is 12.1. The summed E-state index contributed by atoms with van der Waals surface area (Å²) in [5, 5.41) is 20.0. The number of aliphatic hydroxyl groups excluding tert-OH is 1. The highest BCUT2D eigenvalue weighted by molar-refractivity contribution is 5.50. The molecular formula is C15H16N2O4. The van der Waals surface area contributed by atoms with Crippen molar-refractivity contribution in [2.45, 2.75) is 27.4 Å². The van der Waals surface area contributed by atoms with Crippen LogP contribution in [0.25, 0.3) is 0 Å². The molecule has 1 N–H and O–H groups in total. The first kappa shape index (κ1) is 14.9. The topological polar surface area (TPSA) is 85.5 Å². The van der Waals surface area contributed by atoms with E-state index < -0.39 is 4.92 Å². The van der Waals surface area contributed by atoms with E-state index in [9.17, 15) is 10.1 Å². The van der Waals surface area contributed by atoms with E-state index in [1.54, 1.807) is 26.0 Å². The van der Waals surface area contributed by atoms with Gasteiger partial charge in [0.05, 0.1) is 11.5 Å². The average Bonchev–Trinajstić information content (AvgIpc) is 2.44. The molecule has 2 aromatic rings. The number of nitrogens with zero attached hydrogens (tertiary/aromatic N) is 2. The Balaban J connectivity index is 2.36. The maximum Gasteiger partial charge on any atom is 0.272 e. The van der Waals surface area contributed by atoms with Gasteiger partial charge < -0.3 is 9.84 Å². The lowest BCUT2D eigenvalue weighted by molar-refractivity contribution is -0.385. The van der Waals surface area contributed by atoms with E-state index >= 15 is 0 Å². The van der Waals surface area contributed by atoms with Crippen LogP contribution in [0.1, 0.15) is 22.3 Å².